The summed E-state index contributed by atoms with van der Waals surface area (Å²) in [6, 6.07) is 0. The summed E-state index contributed by atoms with van der Waals surface area (Å²) in [5.74, 6) is 1.21. The minimum Gasteiger partial charge on any atom is -0.343 e. The number of hydrogen-bond acceptors (Lipinski definition) is 2. The molecule has 0 unspecified atom stereocenters. The highest BCUT2D eigenvalue weighted by Crippen LogP contribution is 2.40. The van der Waals surface area contributed by atoms with Crippen molar-refractivity contribution in [3.8, 4) is 0 Å². The Morgan fingerprint density at radius 2 is 1.71 bits per heavy atom. The van der Waals surface area contributed by atoms with Crippen LogP contribution in [-0.2, 0) is 9.59 Å². The van der Waals surface area contributed by atoms with Crippen LogP contribution in [0, 0.1) is 17.8 Å². The molecule has 2 saturated carbocycles. The van der Waals surface area contributed by atoms with Crippen LogP contribution in [0.25, 0.3) is 0 Å². The van der Waals surface area contributed by atoms with Gasteiger partial charge in [-0.15, -0.1) is 0 Å². The van der Waals surface area contributed by atoms with Crippen LogP contribution in [0.5, 0.6) is 0 Å². The molecule has 0 saturated heterocycles. The van der Waals surface area contributed by atoms with Crippen molar-refractivity contribution in [2.45, 2.75) is 46.0 Å². The van der Waals surface area contributed by atoms with Crippen LogP contribution >= 0.6 is 0 Å². The molecule has 1 amide bonds. The number of amides is 1. The Hall–Kier alpha value is -0.860. The lowest BCUT2D eigenvalue weighted by molar-refractivity contribution is -0.142. The summed E-state index contributed by atoms with van der Waals surface area (Å²) in [6.45, 7) is 5.62. The number of Topliss-reactive ketones (excluding diaryl/α,β-unsaturated/α-hetero) is 1. The van der Waals surface area contributed by atoms with Gasteiger partial charge in [0, 0.05) is 30.8 Å². The molecule has 0 aliphatic heterocycles. The van der Waals surface area contributed by atoms with E-state index in [9.17, 15) is 9.59 Å². The van der Waals surface area contributed by atoms with Crippen LogP contribution in [0.2, 0.25) is 0 Å². The fourth-order valence-corrected chi connectivity index (χ4v) is 3.47. The van der Waals surface area contributed by atoms with Crippen molar-refractivity contribution in [3.63, 3.8) is 0 Å². The first-order chi connectivity index (χ1) is 8.17. The Morgan fingerprint density at radius 1 is 1.18 bits per heavy atom. The molecule has 0 aromatic heterocycles. The van der Waals surface area contributed by atoms with E-state index < -0.39 is 0 Å². The second-order valence-corrected chi connectivity index (χ2v) is 5.41. The highest BCUT2D eigenvalue weighted by atomic mass is 16.2. The SMILES string of the molecule is CCN(CC)C(=O)C1C[C@@H]2CCC[C@@H](C1)C2=O. The van der Waals surface area contributed by atoms with E-state index in [0.29, 0.717) is 5.78 Å². The van der Waals surface area contributed by atoms with Gasteiger partial charge in [0.15, 0.2) is 0 Å². The number of carbonyl (C=O) groups excluding carboxylic acids is 2. The number of hydrogen-bond donors (Lipinski definition) is 0. The number of nitrogens with zero attached hydrogens (tertiary/aromatic N) is 1. The smallest absolute Gasteiger partial charge is 0.225 e. The highest BCUT2D eigenvalue weighted by molar-refractivity contribution is 5.88. The van der Waals surface area contributed by atoms with E-state index in [1.165, 1.54) is 6.42 Å². The molecule has 0 spiro atoms. The fourth-order valence-electron chi connectivity index (χ4n) is 3.47. The third kappa shape index (κ3) is 2.38. The van der Waals surface area contributed by atoms with Crippen LogP contribution in [0.4, 0.5) is 0 Å². The van der Waals surface area contributed by atoms with E-state index in [0.717, 1.165) is 38.8 Å². The largest absolute Gasteiger partial charge is 0.343 e. The van der Waals surface area contributed by atoms with E-state index in [-0.39, 0.29) is 23.7 Å². The normalized spacial score (nSPS) is 32.4. The van der Waals surface area contributed by atoms with Gasteiger partial charge in [0.25, 0.3) is 0 Å². The van der Waals surface area contributed by atoms with Gasteiger partial charge in [0.2, 0.25) is 5.91 Å². The molecule has 96 valence electrons. The molecule has 0 aromatic carbocycles. The Labute approximate surface area is 104 Å². The van der Waals surface area contributed by atoms with Gasteiger partial charge in [0.05, 0.1) is 0 Å². The van der Waals surface area contributed by atoms with Gasteiger partial charge in [-0.3, -0.25) is 9.59 Å². The van der Waals surface area contributed by atoms with Crippen molar-refractivity contribution in [1.29, 1.82) is 0 Å². The monoisotopic (exact) mass is 237 g/mol. The van der Waals surface area contributed by atoms with Crippen LogP contribution in [0.3, 0.4) is 0 Å². The van der Waals surface area contributed by atoms with E-state index in [2.05, 4.69) is 0 Å². The van der Waals surface area contributed by atoms with Gasteiger partial charge in [0.1, 0.15) is 5.78 Å². The number of rotatable bonds is 3. The number of fused-ring (bicyclic) bond motifs is 2. The summed E-state index contributed by atoms with van der Waals surface area (Å²) in [5, 5.41) is 0. The minimum absolute atomic E-state index is 0.114. The average molecular weight is 237 g/mol. The summed E-state index contributed by atoms with van der Waals surface area (Å²) >= 11 is 0. The molecule has 2 atom stereocenters. The lowest BCUT2D eigenvalue weighted by Crippen LogP contribution is -2.44. The highest BCUT2D eigenvalue weighted by Gasteiger charge is 2.41. The van der Waals surface area contributed by atoms with Gasteiger partial charge >= 0.3 is 0 Å². The standard InChI is InChI=1S/C14H23NO2/c1-3-15(4-2)14(17)12-8-10-6-5-7-11(9-12)13(10)16/h10-12H,3-9H2,1-2H3/t10-,11-/m0/s1. The second kappa shape index (κ2) is 5.19. The van der Waals surface area contributed by atoms with Gasteiger partial charge in [-0.1, -0.05) is 6.42 Å². The topological polar surface area (TPSA) is 37.4 Å². The quantitative estimate of drug-likeness (QED) is 0.755. The van der Waals surface area contributed by atoms with E-state index in [1.54, 1.807) is 0 Å². The molecule has 0 radical (unpaired) electrons. The molecule has 2 fully saturated rings. The Balaban J connectivity index is 2.04. The Kier molecular flexibility index (Phi) is 3.85. The second-order valence-electron chi connectivity index (χ2n) is 5.41. The lowest BCUT2D eigenvalue weighted by atomic mass is 9.67. The average Bonchev–Trinajstić information content (AvgIpc) is 2.30. The van der Waals surface area contributed by atoms with E-state index in [1.807, 2.05) is 18.7 Å². The molecule has 2 bridgehead atoms. The predicted molar refractivity (Wildman–Crippen MR) is 66.5 cm³/mol. The summed E-state index contributed by atoms with van der Waals surface area (Å²) in [4.78, 5) is 26.2. The summed E-state index contributed by atoms with van der Waals surface area (Å²) in [5.41, 5.74) is 0. The number of carbonyl (C=O) groups is 2. The van der Waals surface area contributed by atoms with Crippen LogP contribution < -0.4 is 0 Å². The first kappa shape index (κ1) is 12.6. The first-order valence-corrected chi connectivity index (χ1v) is 6.99. The van der Waals surface area contributed by atoms with Crippen molar-refractivity contribution in [3.05, 3.63) is 0 Å². The molecule has 2 rings (SSSR count). The minimum atomic E-state index is 0.114. The molecule has 2 aliphatic rings. The maximum Gasteiger partial charge on any atom is 0.225 e. The van der Waals surface area contributed by atoms with Crippen molar-refractivity contribution < 1.29 is 9.59 Å². The zero-order chi connectivity index (χ0) is 12.4. The summed E-state index contributed by atoms with van der Waals surface area (Å²) < 4.78 is 0. The summed E-state index contributed by atoms with van der Waals surface area (Å²) in [7, 11) is 0. The Bertz CT molecular complexity index is 293. The van der Waals surface area contributed by atoms with Crippen molar-refractivity contribution in [2.24, 2.45) is 17.8 Å². The lowest BCUT2D eigenvalue weighted by Gasteiger charge is -2.38. The van der Waals surface area contributed by atoms with Crippen LogP contribution in [-0.4, -0.2) is 29.7 Å². The molecule has 0 aromatic rings. The maximum absolute atomic E-state index is 12.3. The predicted octanol–water partition coefficient (Wildman–Crippen LogP) is 2.25. The Morgan fingerprint density at radius 3 is 2.18 bits per heavy atom. The van der Waals surface area contributed by atoms with Crippen LogP contribution in [0.1, 0.15) is 46.0 Å². The zero-order valence-electron chi connectivity index (χ0n) is 10.9. The maximum atomic E-state index is 12.3. The van der Waals surface area contributed by atoms with Crippen molar-refractivity contribution >= 4 is 11.7 Å². The molecule has 3 nitrogen and oxygen atoms in total. The molecular formula is C14H23NO2. The molecule has 0 heterocycles. The van der Waals surface area contributed by atoms with Gasteiger partial charge in [-0.2, -0.15) is 0 Å². The summed E-state index contributed by atoms with van der Waals surface area (Å²) in [6.07, 6.45) is 4.82. The molecule has 17 heavy (non-hydrogen) atoms. The third-order valence-corrected chi connectivity index (χ3v) is 4.47. The van der Waals surface area contributed by atoms with Gasteiger partial charge in [-0.25, -0.2) is 0 Å². The molecular weight excluding hydrogens is 214 g/mol. The van der Waals surface area contributed by atoms with Gasteiger partial charge in [-0.05, 0) is 39.5 Å². The third-order valence-electron chi connectivity index (χ3n) is 4.47. The zero-order valence-corrected chi connectivity index (χ0v) is 10.9. The van der Waals surface area contributed by atoms with Crippen molar-refractivity contribution in [1.82, 2.24) is 4.90 Å². The molecule has 2 aliphatic carbocycles. The molecule has 0 N–H and O–H groups in total. The molecule has 3 heteroatoms. The van der Waals surface area contributed by atoms with E-state index in [4.69, 9.17) is 0 Å². The first-order valence-electron chi connectivity index (χ1n) is 6.99. The fraction of sp³-hybridized carbons (Fsp3) is 0.857. The van der Waals surface area contributed by atoms with E-state index >= 15 is 0 Å². The number of ketones is 1. The van der Waals surface area contributed by atoms with Crippen LogP contribution in [0.15, 0.2) is 0 Å². The van der Waals surface area contributed by atoms with Gasteiger partial charge < -0.3 is 4.90 Å². The van der Waals surface area contributed by atoms with Crippen molar-refractivity contribution in [2.75, 3.05) is 13.1 Å².